The molecule has 0 spiro atoms. The van der Waals surface area contributed by atoms with Crippen molar-refractivity contribution in [3.63, 3.8) is 0 Å². The smallest absolute Gasteiger partial charge is 0.307 e. The van der Waals surface area contributed by atoms with Gasteiger partial charge in [0.05, 0.1) is 11.8 Å². The highest BCUT2D eigenvalue weighted by atomic mass is 16.4. The predicted octanol–water partition coefficient (Wildman–Crippen LogP) is 1.42. The Morgan fingerprint density at radius 1 is 1.18 bits per heavy atom. The van der Waals surface area contributed by atoms with Crippen LogP contribution in [0.3, 0.4) is 0 Å². The lowest BCUT2D eigenvalue weighted by atomic mass is 9.82. The molecule has 0 aromatic carbocycles. The molecule has 2 aliphatic carbocycles. The minimum Gasteiger partial charge on any atom is -0.481 e. The number of amides is 1. The Labute approximate surface area is 101 Å². The molecule has 4 heteroatoms. The number of hydrogen-bond acceptors (Lipinski definition) is 2. The average molecular weight is 237 g/mol. The second-order valence-corrected chi connectivity index (χ2v) is 6.08. The molecule has 17 heavy (non-hydrogen) atoms. The molecule has 0 aromatic heterocycles. The molecule has 0 heterocycles. The maximum absolute atomic E-state index is 12.2. The summed E-state index contributed by atoms with van der Waals surface area (Å²) in [6.45, 7) is 5.72. The van der Waals surface area contributed by atoms with E-state index in [9.17, 15) is 14.7 Å². The summed E-state index contributed by atoms with van der Waals surface area (Å²) in [7, 11) is 0. The first-order valence-electron chi connectivity index (χ1n) is 6.03. The van der Waals surface area contributed by atoms with Gasteiger partial charge in [-0.25, -0.2) is 0 Å². The second kappa shape index (κ2) is 3.86. The molecule has 2 unspecified atom stereocenters. The first kappa shape index (κ1) is 12.1. The van der Waals surface area contributed by atoms with E-state index in [-0.39, 0.29) is 23.3 Å². The molecule has 94 valence electrons. The first-order chi connectivity index (χ1) is 7.79. The van der Waals surface area contributed by atoms with Gasteiger partial charge in [-0.05, 0) is 39.0 Å². The minimum atomic E-state index is -0.851. The van der Waals surface area contributed by atoms with Crippen molar-refractivity contribution in [2.75, 3.05) is 0 Å². The van der Waals surface area contributed by atoms with Gasteiger partial charge in [-0.15, -0.1) is 0 Å². The number of carbonyl (C=O) groups excluding carboxylic acids is 1. The van der Waals surface area contributed by atoms with Crippen LogP contribution >= 0.6 is 0 Å². The highest BCUT2D eigenvalue weighted by Crippen LogP contribution is 2.48. The summed E-state index contributed by atoms with van der Waals surface area (Å²) in [6.07, 6.45) is 4.75. The van der Waals surface area contributed by atoms with Crippen LogP contribution in [0.2, 0.25) is 0 Å². The van der Waals surface area contributed by atoms with E-state index in [1.807, 2.05) is 32.9 Å². The van der Waals surface area contributed by atoms with E-state index < -0.39 is 17.8 Å². The van der Waals surface area contributed by atoms with E-state index in [2.05, 4.69) is 5.32 Å². The Bertz CT molecular complexity index is 381. The zero-order valence-corrected chi connectivity index (χ0v) is 10.4. The summed E-state index contributed by atoms with van der Waals surface area (Å²) in [4.78, 5) is 23.4. The van der Waals surface area contributed by atoms with Crippen molar-refractivity contribution in [1.29, 1.82) is 0 Å². The van der Waals surface area contributed by atoms with Gasteiger partial charge in [-0.2, -0.15) is 0 Å². The molecule has 1 amide bonds. The molecule has 0 saturated heterocycles. The Kier molecular flexibility index (Phi) is 2.76. The van der Waals surface area contributed by atoms with Gasteiger partial charge in [-0.1, -0.05) is 12.2 Å². The van der Waals surface area contributed by atoms with Gasteiger partial charge in [0, 0.05) is 5.54 Å². The van der Waals surface area contributed by atoms with Crippen molar-refractivity contribution >= 4 is 11.9 Å². The van der Waals surface area contributed by atoms with Crippen LogP contribution in [0.5, 0.6) is 0 Å². The van der Waals surface area contributed by atoms with Gasteiger partial charge in [0.2, 0.25) is 5.91 Å². The predicted molar refractivity (Wildman–Crippen MR) is 63.2 cm³/mol. The molecule has 0 aliphatic heterocycles. The van der Waals surface area contributed by atoms with Crippen LogP contribution in [-0.4, -0.2) is 22.5 Å². The van der Waals surface area contributed by atoms with E-state index in [1.54, 1.807) is 0 Å². The number of rotatable bonds is 2. The van der Waals surface area contributed by atoms with Crippen LogP contribution in [0.15, 0.2) is 12.2 Å². The molecule has 0 aromatic rings. The van der Waals surface area contributed by atoms with E-state index in [0.29, 0.717) is 0 Å². The fraction of sp³-hybridized carbons (Fsp3) is 0.692. The highest BCUT2D eigenvalue weighted by molar-refractivity contribution is 5.87. The number of carboxylic acid groups (broad SMARTS) is 1. The van der Waals surface area contributed by atoms with Crippen LogP contribution in [0.4, 0.5) is 0 Å². The molecule has 4 atom stereocenters. The lowest BCUT2D eigenvalue weighted by Crippen LogP contribution is -2.47. The molecule has 2 aliphatic rings. The maximum Gasteiger partial charge on any atom is 0.307 e. The summed E-state index contributed by atoms with van der Waals surface area (Å²) in [5.74, 6) is -1.79. The first-order valence-corrected chi connectivity index (χ1v) is 6.03. The monoisotopic (exact) mass is 237 g/mol. The van der Waals surface area contributed by atoms with Crippen molar-refractivity contribution < 1.29 is 14.7 Å². The third-order valence-electron chi connectivity index (χ3n) is 3.55. The maximum atomic E-state index is 12.2. The van der Waals surface area contributed by atoms with Gasteiger partial charge in [-0.3, -0.25) is 9.59 Å². The zero-order chi connectivity index (χ0) is 12.8. The summed E-state index contributed by atoms with van der Waals surface area (Å²) < 4.78 is 0. The lowest BCUT2D eigenvalue weighted by Gasteiger charge is -2.28. The van der Waals surface area contributed by atoms with Crippen LogP contribution < -0.4 is 5.32 Å². The van der Waals surface area contributed by atoms with Gasteiger partial charge in [0.25, 0.3) is 0 Å². The van der Waals surface area contributed by atoms with Crippen LogP contribution in [0, 0.1) is 23.7 Å². The molecule has 1 fully saturated rings. The van der Waals surface area contributed by atoms with Gasteiger partial charge in [0.15, 0.2) is 0 Å². The van der Waals surface area contributed by atoms with Crippen LogP contribution in [-0.2, 0) is 9.59 Å². The molecule has 0 radical (unpaired) electrons. The van der Waals surface area contributed by atoms with Crippen LogP contribution in [0.1, 0.15) is 27.2 Å². The van der Waals surface area contributed by atoms with E-state index in [0.717, 1.165) is 6.42 Å². The number of carboxylic acids is 1. The van der Waals surface area contributed by atoms with Crippen molar-refractivity contribution in [2.45, 2.75) is 32.7 Å². The number of fused-ring (bicyclic) bond motifs is 2. The number of carbonyl (C=O) groups is 2. The van der Waals surface area contributed by atoms with Crippen LogP contribution in [0.25, 0.3) is 0 Å². The summed E-state index contributed by atoms with van der Waals surface area (Å²) >= 11 is 0. The molecular weight excluding hydrogens is 218 g/mol. The molecular formula is C13H19NO3. The minimum absolute atomic E-state index is 0.0354. The molecule has 2 rings (SSSR count). The Hall–Kier alpha value is -1.32. The van der Waals surface area contributed by atoms with Crippen molar-refractivity contribution in [3.8, 4) is 0 Å². The molecule has 2 bridgehead atoms. The number of allylic oxidation sites excluding steroid dienone is 2. The Morgan fingerprint density at radius 2 is 1.71 bits per heavy atom. The Balaban J connectivity index is 2.17. The van der Waals surface area contributed by atoms with E-state index in [1.165, 1.54) is 0 Å². The van der Waals surface area contributed by atoms with Crippen molar-refractivity contribution in [1.82, 2.24) is 5.32 Å². The zero-order valence-electron chi connectivity index (χ0n) is 10.4. The largest absolute Gasteiger partial charge is 0.481 e. The van der Waals surface area contributed by atoms with Gasteiger partial charge >= 0.3 is 5.97 Å². The van der Waals surface area contributed by atoms with Gasteiger partial charge < -0.3 is 10.4 Å². The van der Waals surface area contributed by atoms with Gasteiger partial charge in [0.1, 0.15) is 0 Å². The average Bonchev–Trinajstić information content (AvgIpc) is 2.72. The number of hydrogen-bond donors (Lipinski definition) is 2. The SMILES string of the molecule is CC(C)(C)NC(=O)[C@H]1C2C=CC(C2)[C@H]1C(=O)O. The third-order valence-corrected chi connectivity index (χ3v) is 3.55. The summed E-state index contributed by atoms with van der Waals surface area (Å²) in [6, 6.07) is 0. The standard InChI is InChI=1S/C13H19NO3/c1-13(2,3)14-11(15)9-7-4-5-8(6-7)10(9)12(16)17/h4-5,7-10H,6H2,1-3H3,(H,14,15)(H,16,17)/t7?,8?,9-,10+/m0/s1. The van der Waals surface area contributed by atoms with E-state index in [4.69, 9.17) is 0 Å². The van der Waals surface area contributed by atoms with Crippen molar-refractivity contribution in [2.24, 2.45) is 23.7 Å². The lowest BCUT2D eigenvalue weighted by molar-refractivity contribution is -0.148. The Morgan fingerprint density at radius 3 is 2.18 bits per heavy atom. The normalized spacial score (nSPS) is 35.0. The fourth-order valence-electron chi connectivity index (χ4n) is 2.97. The molecule has 2 N–H and O–H groups in total. The summed E-state index contributed by atoms with van der Waals surface area (Å²) in [5.41, 5.74) is -0.314. The van der Waals surface area contributed by atoms with Crippen molar-refractivity contribution in [3.05, 3.63) is 12.2 Å². The highest BCUT2D eigenvalue weighted by Gasteiger charge is 2.51. The topological polar surface area (TPSA) is 66.4 Å². The molecule has 1 saturated carbocycles. The summed E-state index contributed by atoms with van der Waals surface area (Å²) in [5, 5.41) is 12.1. The number of nitrogens with one attached hydrogen (secondary N) is 1. The van der Waals surface area contributed by atoms with E-state index >= 15 is 0 Å². The third kappa shape index (κ3) is 2.21. The quantitative estimate of drug-likeness (QED) is 0.714. The fourth-order valence-corrected chi connectivity index (χ4v) is 2.97. The second-order valence-electron chi connectivity index (χ2n) is 6.08. The molecule has 4 nitrogen and oxygen atoms in total. The number of aliphatic carboxylic acids is 1.